The van der Waals surface area contributed by atoms with Crippen molar-refractivity contribution in [2.24, 2.45) is 5.41 Å². The quantitative estimate of drug-likeness (QED) is 0.550. The fourth-order valence-corrected chi connectivity index (χ4v) is 1.34. The summed E-state index contributed by atoms with van der Waals surface area (Å²) in [6, 6.07) is 0. The SMILES string of the molecule is CC(C)(C)CC(=O)[Se]. The van der Waals surface area contributed by atoms with E-state index < -0.39 is 0 Å². The molecule has 1 radical (unpaired) electrons. The molecule has 0 heterocycles. The molecule has 0 N–H and O–H groups in total. The molecule has 0 saturated carbocycles. The maximum absolute atomic E-state index is 10.4. The molecule has 2 heteroatoms. The van der Waals surface area contributed by atoms with E-state index in [1.807, 2.05) is 20.8 Å². The molecule has 0 saturated heterocycles. The third kappa shape index (κ3) is 6.19. The van der Waals surface area contributed by atoms with Crippen LogP contribution in [0.15, 0.2) is 0 Å². The molecule has 0 aliphatic rings. The summed E-state index contributed by atoms with van der Waals surface area (Å²) >= 11 is 2.46. The van der Waals surface area contributed by atoms with Gasteiger partial charge in [0, 0.05) is 0 Å². The van der Waals surface area contributed by atoms with E-state index in [4.69, 9.17) is 0 Å². The first kappa shape index (κ1) is 8.19. The summed E-state index contributed by atoms with van der Waals surface area (Å²) in [6.45, 7) is 6.13. The van der Waals surface area contributed by atoms with E-state index in [1.165, 1.54) is 0 Å². The van der Waals surface area contributed by atoms with Crippen LogP contribution in [0.3, 0.4) is 0 Å². The monoisotopic (exact) mass is 179 g/mol. The van der Waals surface area contributed by atoms with Crippen molar-refractivity contribution >= 4 is 20.7 Å². The normalized spacial score (nSPS) is 11.4. The van der Waals surface area contributed by atoms with Gasteiger partial charge in [0.25, 0.3) is 0 Å². The Balaban J connectivity index is 3.55. The summed E-state index contributed by atoms with van der Waals surface area (Å²) in [7, 11) is 0. The van der Waals surface area contributed by atoms with Crippen molar-refractivity contribution in [3.8, 4) is 0 Å². The second-order valence-electron chi connectivity index (χ2n) is 3.11. The predicted octanol–water partition coefficient (Wildman–Crippen LogP) is 1.12. The molecule has 8 heavy (non-hydrogen) atoms. The molecule has 0 aromatic heterocycles. The molecule has 0 atom stereocenters. The zero-order chi connectivity index (χ0) is 6.78. The molecule has 0 aliphatic carbocycles. The fraction of sp³-hybridized carbons (Fsp3) is 0.833. The van der Waals surface area contributed by atoms with E-state index >= 15 is 0 Å². The first-order valence-corrected chi connectivity index (χ1v) is 3.47. The number of rotatable bonds is 1. The van der Waals surface area contributed by atoms with Crippen LogP contribution in [0.4, 0.5) is 0 Å². The van der Waals surface area contributed by atoms with Gasteiger partial charge in [-0.1, -0.05) is 0 Å². The maximum atomic E-state index is 10.4. The van der Waals surface area contributed by atoms with Crippen LogP contribution in [-0.4, -0.2) is 20.7 Å². The van der Waals surface area contributed by atoms with Gasteiger partial charge in [0.15, 0.2) is 0 Å². The molecule has 0 unspecified atom stereocenters. The van der Waals surface area contributed by atoms with Gasteiger partial charge >= 0.3 is 58.1 Å². The average molecular weight is 178 g/mol. The van der Waals surface area contributed by atoms with E-state index in [1.54, 1.807) is 0 Å². The van der Waals surface area contributed by atoms with Gasteiger partial charge < -0.3 is 0 Å². The van der Waals surface area contributed by atoms with Crippen molar-refractivity contribution in [1.82, 2.24) is 0 Å². The summed E-state index contributed by atoms with van der Waals surface area (Å²) in [5, 5.41) is 0. The Hall–Kier alpha value is 0.189. The van der Waals surface area contributed by atoms with Crippen LogP contribution >= 0.6 is 0 Å². The Morgan fingerprint density at radius 1 is 1.50 bits per heavy atom. The standard InChI is InChI=1S/C6H11OSe/c1-6(2,3)4-5(7)8/h4H2,1-3H3. The third-order valence-electron chi connectivity index (χ3n) is 0.675. The minimum atomic E-state index is 0.141. The van der Waals surface area contributed by atoms with Gasteiger partial charge in [-0.05, 0) is 0 Å². The van der Waals surface area contributed by atoms with Crippen molar-refractivity contribution < 1.29 is 4.79 Å². The van der Waals surface area contributed by atoms with Gasteiger partial charge in [-0.25, -0.2) is 0 Å². The summed E-state index contributed by atoms with van der Waals surface area (Å²) < 4.78 is 0.150. The Labute approximate surface area is 58.7 Å². The summed E-state index contributed by atoms with van der Waals surface area (Å²) in [4.78, 5) is 10.4. The molecular weight excluding hydrogens is 167 g/mol. The Kier molecular flexibility index (Phi) is 2.72. The molecule has 0 aromatic carbocycles. The predicted molar refractivity (Wildman–Crippen MR) is 34.8 cm³/mol. The molecule has 0 bridgehead atoms. The molecular formula is C6H11OSe. The van der Waals surface area contributed by atoms with Crippen LogP contribution in [-0.2, 0) is 4.79 Å². The number of hydrogen-bond donors (Lipinski definition) is 0. The summed E-state index contributed by atoms with van der Waals surface area (Å²) in [5.74, 6) is 0. The van der Waals surface area contributed by atoms with Gasteiger partial charge in [-0.3, -0.25) is 0 Å². The van der Waals surface area contributed by atoms with Crippen molar-refractivity contribution in [2.45, 2.75) is 27.2 Å². The summed E-state index contributed by atoms with van der Waals surface area (Å²) in [6.07, 6.45) is 0.632. The van der Waals surface area contributed by atoms with Crippen LogP contribution < -0.4 is 0 Å². The van der Waals surface area contributed by atoms with Crippen molar-refractivity contribution in [2.75, 3.05) is 0 Å². The van der Waals surface area contributed by atoms with E-state index in [0.29, 0.717) is 6.42 Å². The molecule has 0 amide bonds. The van der Waals surface area contributed by atoms with Gasteiger partial charge in [0.05, 0.1) is 0 Å². The van der Waals surface area contributed by atoms with Crippen LogP contribution in [0, 0.1) is 5.41 Å². The van der Waals surface area contributed by atoms with Crippen molar-refractivity contribution in [3.63, 3.8) is 0 Å². The molecule has 0 spiro atoms. The fourth-order valence-electron chi connectivity index (χ4n) is 0.433. The van der Waals surface area contributed by atoms with Crippen LogP contribution in [0.1, 0.15) is 27.2 Å². The molecule has 0 rings (SSSR count). The van der Waals surface area contributed by atoms with Gasteiger partial charge in [-0.2, -0.15) is 0 Å². The van der Waals surface area contributed by atoms with Crippen molar-refractivity contribution in [1.29, 1.82) is 0 Å². The van der Waals surface area contributed by atoms with E-state index in [0.717, 1.165) is 0 Å². The molecule has 0 fully saturated rings. The van der Waals surface area contributed by atoms with Crippen LogP contribution in [0.2, 0.25) is 0 Å². The van der Waals surface area contributed by atoms with Crippen LogP contribution in [0.25, 0.3) is 0 Å². The van der Waals surface area contributed by atoms with E-state index in [-0.39, 0.29) is 10.1 Å². The average Bonchev–Trinajstić information content (AvgIpc) is 1.21. The number of hydrogen-bond acceptors (Lipinski definition) is 1. The van der Waals surface area contributed by atoms with Gasteiger partial charge in [0.2, 0.25) is 0 Å². The second-order valence-corrected chi connectivity index (χ2v) is 4.06. The zero-order valence-electron chi connectivity index (χ0n) is 5.52. The Bertz CT molecular complexity index is 91.2. The minimum absolute atomic E-state index is 0.141. The van der Waals surface area contributed by atoms with Crippen molar-refractivity contribution in [3.05, 3.63) is 0 Å². The van der Waals surface area contributed by atoms with E-state index in [9.17, 15) is 4.79 Å². The number of carbonyl (C=O) groups excluding carboxylic acids is 1. The zero-order valence-corrected chi connectivity index (χ0v) is 7.24. The van der Waals surface area contributed by atoms with Gasteiger partial charge in [0.1, 0.15) is 0 Å². The molecule has 0 aromatic rings. The topological polar surface area (TPSA) is 17.1 Å². The number of carbonyl (C=O) groups is 1. The molecule has 47 valence electrons. The first-order valence-electron chi connectivity index (χ1n) is 2.62. The van der Waals surface area contributed by atoms with E-state index in [2.05, 4.69) is 16.0 Å². The second kappa shape index (κ2) is 2.65. The van der Waals surface area contributed by atoms with Gasteiger partial charge in [-0.15, -0.1) is 0 Å². The summed E-state index contributed by atoms with van der Waals surface area (Å²) in [5.41, 5.74) is 0.141. The van der Waals surface area contributed by atoms with Crippen LogP contribution in [0.5, 0.6) is 0 Å². The Morgan fingerprint density at radius 2 is 1.88 bits per heavy atom. The molecule has 0 aliphatic heterocycles. The molecule has 1 nitrogen and oxygen atoms in total. The Morgan fingerprint density at radius 3 is 1.88 bits per heavy atom. The first-order chi connectivity index (χ1) is 3.42. The third-order valence-corrected chi connectivity index (χ3v) is 0.977.